The second kappa shape index (κ2) is 12.6. The molecule has 148 valence electrons. The molecule has 1 aliphatic rings. The van der Waals surface area contributed by atoms with E-state index in [9.17, 15) is 0 Å². The van der Waals surface area contributed by atoms with Crippen molar-refractivity contribution in [3.8, 4) is 0 Å². The Hall–Kier alpha value is -1.93. The predicted molar refractivity (Wildman–Crippen MR) is 128 cm³/mol. The molecule has 0 fully saturated rings. The molecule has 0 bridgehead atoms. The zero-order valence-electron chi connectivity index (χ0n) is 18.2. The normalized spacial score (nSPS) is 14.0. The van der Waals surface area contributed by atoms with Gasteiger partial charge in [-0.1, -0.05) is 55.1 Å². The summed E-state index contributed by atoms with van der Waals surface area (Å²) in [5.74, 6) is 0. The predicted octanol–water partition coefficient (Wildman–Crippen LogP) is 7.34. The molecule has 0 saturated carbocycles. The van der Waals surface area contributed by atoms with Gasteiger partial charge in [-0.15, -0.1) is 24.3 Å². The molecule has 0 N–H and O–H groups in total. The number of allylic oxidation sites excluding steroid dienone is 2. The molecule has 1 atom stereocenters. The van der Waals surface area contributed by atoms with Gasteiger partial charge in [-0.2, -0.15) is 49.2 Å². The average molecular weight is 433 g/mol. The maximum absolute atomic E-state index is 3.72. The van der Waals surface area contributed by atoms with Crippen molar-refractivity contribution >= 4 is 14.4 Å². The molecular formula is C27H32SiTi. The summed E-state index contributed by atoms with van der Waals surface area (Å²) in [6.45, 7) is 16.9. The average Bonchev–Trinajstić information content (AvgIpc) is 2.95. The van der Waals surface area contributed by atoms with E-state index in [4.69, 9.17) is 0 Å². The minimum Gasteiger partial charge on any atom is -0.199 e. The van der Waals surface area contributed by atoms with Crippen LogP contribution in [0, 0.1) is 13.8 Å². The monoisotopic (exact) mass is 432 g/mol. The van der Waals surface area contributed by atoms with Gasteiger partial charge >= 0.3 is 21.7 Å². The van der Waals surface area contributed by atoms with Crippen LogP contribution in [0.2, 0.25) is 13.1 Å². The Morgan fingerprint density at radius 3 is 1.45 bits per heavy atom. The fourth-order valence-electron chi connectivity index (χ4n) is 3.60. The zero-order chi connectivity index (χ0) is 20.5. The molecule has 0 aliphatic heterocycles. The van der Waals surface area contributed by atoms with Gasteiger partial charge < -0.3 is 0 Å². The van der Waals surface area contributed by atoms with Gasteiger partial charge in [-0.05, 0) is 36.1 Å². The van der Waals surface area contributed by atoms with Crippen molar-refractivity contribution in [3.05, 3.63) is 127 Å². The Labute approximate surface area is 194 Å². The summed E-state index contributed by atoms with van der Waals surface area (Å²) in [4.78, 5) is 0. The van der Waals surface area contributed by atoms with Gasteiger partial charge in [0.15, 0.2) is 0 Å². The van der Waals surface area contributed by atoms with Crippen molar-refractivity contribution in [2.75, 3.05) is 0 Å². The summed E-state index contributed by atoms with van der Waals surface area (Å²) >= 11 is 0. The topological polar surface area (TPSA) is 0 Å². The summed E-state index contributed by atoms with van der Waals surface area (Å²) in [5.41, 5.74) is 9.15. The molecule has 29 heavy (non-hydrogen) atoms. The first-order chi connectivity index (χ1) is 13.4. The summed E-state index contributed by atoms with van der Waals surface area (Å²) in [5, 5.41) is 0. The Bertz CT molecular complexity index is 845. The molecular weight excluding hydrogens is 400 g/mol. The van der Waals surface area contributed by atoms with E-state index in [1.807, 2.05) is 60.7 Å². The largest absolute Gasteiger partial charge is 2.00 e. The summed E-state index contributed by atoms with van der Waals surface area (Å²) in [7, 11) is -0.614. The van der Waals surface area contributed by atoms with Crippen molar-refractivity contribution in [1.82, 2.24) is 0 Å². The SMILES string of the molecule is CC1=C(C)C([SiH](C)C)c2ccccc21.[CH2-]c1ccccc1.[CH2-]c1ccccc1.[Ti+2]. The van der Waals surface area contributed by atoms with Gasteiger partial charge in [0, 0.05) is 8.80 Å². The standard InChI is InChI=1S/C13H18Si.2C7H7.Ti/c1-9-10(2)13(14(3)4)12-8-6-5-7-11(9)12;2*1-7-5-3-2-4-6-7;/h5-8,13-14H,1-4H3;2*2-6H,1H2;/q;2*-1;+2. The third-order valence-electron chi connectivity index (χ3n) is 5.11. The van der Waals surface area contributed by atoms with Gasteiger partial charge in [-0.3, -0.25) is 0 Å². The maximum atomic E-state index is 3.72. The van der Waals surface area contributed by atoms with E-state index in [-0.39, 0.29) is 21.7 Å². The van der Waals surface area contributed by atoms with Crippen LogP contribution < -0.4 is 0 Å². The fourth-order valence-corrected chi connectivity index (χ4v) is 5.86. The Morgan fingerprint density at radius 2 is 1.07 bits per heavy atom. The fraction of sp³-hybridized carbons (Fsp3) is 0.185. The van der Waals surface area contributed by atoms with Crippen LogP contribution in [0.15, 0.2) is 90.5 Å². The first-order valence-corrected chi connectivity index (χ1v) is 12.9. The molecule has 0 aromatic heterocycles. The van der Waals surface area contributed by atoms with Crippen molar-refractivity contribution in [3.63, 3.8) is 0 Å². The molecule has 0 nitrogen and oxygen atoms in total. The Kier molecular flexibility index (Phi) is 10.9. The second-order valence-corrected chi connectivity index (χ2v) is 10.7. The van der Waals surface area contributed by atoms with Crippen LogP contribution >= 0.6 is 0 Å². The molecule has 0 saturated heterocycles. The number of fused-ring (bicyclic) bond motifs is 1. The van der Waals surface area contributed by atoms with Crippen LogP contribution in [-0.4, -0.2) is 8.80 Å². The van der Waals surface area contributed by atoms with E-state index >= 15 is 0 Å². The number of hydrogen-bond acceptors (Lipinski definition) is 0. The van der Waals surface area contributed by atoms with E-state index < -0.39 is 8.80 Å². The third-order valence-corrected chi connectivity index (χ3v) is 7.30. The third kappa shape index (κ3) is 7.44. The van der Waals surface area contributed by atoms with Crippen LogP contribution in [0.4, 0.5) is 0 Å². The van der Waals surface area contributed by atoms with Crippen molar-refractivity contribution in [2.45, 2.75) is 32.5 Å². The molecule has 0 radical (unpaired) electrons. The first-order valence-electron chi connectivity index (χ1n) is 9.92. The minimum atomic E-state index is -0.614. The van der Waals surface area contributed by atoms with E-state index in [0.717, 1.165) is 16.7 Å². The molecule has 2 heteroatoms. The van der Waals surface area contributed by atoms with Crippen LogP contribution in [0.5, 0.6) is 0 Å². The summed E-state index contributed by atoms with van der Waals surface area (Å²) < 4.78 is 0. The quantitative estimate of drug-likeness (QED) is 0.279. The van der Waals surface area contributed by atoms with Gasteiger partial charge in [0.05, 0.1) is 0 Å². The zero-order valence-corrected chi connectivity index (χ0v) is 20.9. The maximum Gasteiger partial charge on any atom is 2.00 e. The second-order valence-electron chi connectivity index (χ2n) is 7.59. The van der Waals surface area contributed by atoms with E-state index in [0.29, 0.717) is 0 Å². The van der Waals surface area contributed by atoms with Crippen LogP contribution in [0.3, 0.4) is 0 Å². The molecule has 3 aromatic rings. The van der Waals surface area contributed by atoms with E-state index in [1.165, 1.54) is 11.1 Å². The van der Waals surface area contributed by atoms with Crippen LogP contribution in [-0.2, 0) is 21.7 Å². The summed E-state index contributed by atoms with van der Waals surface area (Å²) in [6, 6.07) is 28.7. The van der Waals surface area contributed by atoms with Crippen LogP contribution in [0.1, 0.15) is 41.6 Å². The van der Waals surface area contributed by atoms with Crippen molar-refractivity contribution < 1.29 is 21.7 Å². The number of hydrogen-bond donors (Lipinski definition) is 0. The number of rotatable bonds is 1. The van der Waals surface area contributed by atoms with E-state index in [2.05, 4.69) is 65.1 Å². The molecule has 0 heterocycles. The van der Waals surface area contributed by atoms with Gasteiger partial charge in [0.2, 0.25) is 0 Å². The van der Waals surface area contributed by atoms with Gasteiger partial charge in [0.1, 0.15) is 0 Å². The van der Waals surface area contributed by atoms with Crippen molar-refractivity contribution in [2.24, 2.45) is 0 Å². The molecule has 4 rings (SSSR count). The summed E-state index contributed by atoms with van der Waals surface area (Å²) in [6.07, 6.45) is 0. The number of benzene rings is 3. The minimum absolute atomic E-state index is 0. The van der Waals surface area contributed by atoms with Crippen LogP contribution in [0.25, 0.3) is 5.57 Å². The first kappa shape index (κ1) is 25.1. The molecule has 1 unspecified atom stereocenters. The van der Waals surface area contributed by atoms with E-state index in [1.54, 1.807) is 11.1 Å². The molecule has 0 amide bonds. The molecule has 1 aliphatic carbocycles. The smallest absolute Gasteiger partial charge is 0.199 e. The van der Waals surface area contributed by atoms with Crippen molar-refractivity contribution in [1.29, 1.82) is 0 Å². The Morgan fingerprint density at radius 1 is 0.655 bits per heavy atom. The molecule has 0 spiro atoms. The Balaban J connectivity index is 0.000000237. The molecule has 3 aromatic carbocycles. The van der Waals surface area contributed by atoms with Gasteiger partial charge in [0.25, 0.3) is 0 Å². The van der Waals surface area contributed by atoms with Gasteiger partial charge in [-0.25, -0.2) is 0 Å².